The van der Waals surface area contributed by atoms with E-state index in [2.05, 4.69) is 98.6 Å². The van der Waals surface area contributed by atoms with Gasteiger partial charge in [-0.1, -0.05) is 15.9 Å². The molecule has 2 aliphatic rings. The van der Waals surface area contributed by atoms with Gasteiger partial charge in [0.15, 0.2) is 11.5 Å². The molecule has 10 N–H and O–H groups in total. The van der Waals surface area contributed by atoms with Gasteiger partial charge in [-0.3, -0.25) is 14.5 Å². The first-order valence-corrected chi connectivity index (χ1v) is 34.9. The highest BCUT2D eigenvalue weighted by Gasteiger charge is 2.19. The van der Waals surface area contributed by atoms with Gasteiger partial charge in [0.1, 0.15) is 17.5 Å². The van der Waals surface area contributed by atoms with Crippen LogP contribution >= 0.6 is 15.9 Å². The number of hydrogen-bond donors (Lipinski definition) is 8. The van der Waals surface area contributed by atoms with Gasteiger partial charge in [0.25, 0.3) is 11.8 Å². The van der Waals surface area contributed by atoms with Crippen molar-refractivity contribution in [3.63, 3.8) is 0 Å². The third-order valence-electron chi connectivity index (χ3n) is 18.2. The number of nitriles is 4. The van der Waals surface area contributed by atoms with Gasteiger partial charge in [-0.05, 0) is 234 Å². The number of aryl methyl sites for hydroxylation is 4. The monoisotopic (exact) mass is 1400 g/mol. The number of nitrogens with zero attached hydrogens (tertiary/aromatic N) is 7. The molecule has 14 rings (SSSR count). The number of rotatable bonds is 22. The number of nitrogens with one attached hydrogen (secondary N) is 5. The van der Waals surface area contributed by atoms with E-state index in [1.807, 2.05) is 109 Å². The van der Waals surface area contributed by atoms with Gasteiger partial charge in [0.05, 0.1) is 46.5 Å². The van der Waals surface area contributed by atoms with E-state index >= 15 is 0 Å². The van der Waals surface area contributed by atoms with Gasteiger partial charge < -0.3 is 65.3 Å². The molecule has 0 aliphatic carbocycles. The zero-order valence-electron chi connectivity index (χ0n) is 56.1. The van der Waals surface area contributed by atoms with Crippen LogP contribution in [0.15, 0.2) is 159 Å². The van der Waals surface area contributed by atoms with Gasteiger partial charge in [-0.2, -0.15) is 21.0 Å². The number of fused-ring (bicyclic) bond motifs is 6. The molecule has 2 aliphatic heterocycles. The first kappa shape index (κ1) is 72.0. The number of carbonyl (C=O) groups excluding carboxylic acids is 3. The quantitative estimate of drug-likeness (QED) is 0.0231. The van der Waals surface area contributed by atoms with E-state index in [0.29, 0.717) is 34.3 Å². The molecule has 0 spiro atoms. The SMILES string of the molecule is N#Cc1ccc2[nH]cc(CCCCC=O)c2c1.N#Cc1ccc2[nH]cc(CCCCN3CCN(c4ccc5oc(C(N)=O)cc5c4)CC3)c2c1.N#Cc1ccc2[nH]cc(CCCCN3CCNCC3)c2c1.N#Cc1ccc2[nH]cc(CCCCO)c2c1.NC(=O)c1cc2cc(Br)ccc2o1. The summed E-state index contributed by atoms with van der Waals surface area (Å²) >= 11 is 3.32. The molecule has 6 aromatic carbocycles. The molecule has 0 saturated carbocycles. The minimum Gasteiger partial charge on any atom is -0.451 e. The number of benzene rings is 6. The topological polar surface area (TPSA) is 330 Å². The molecule has 512 valence electrons. The Morgan fingerprint density at radius 3 is 1.27 bits per heavy atom. The Morgan fingerprint density at radius 2 is 0.870 bits per heavy atom. The summed E-state index contributed by atoms with van der Waals surface area (Å²) in [5.74, 6) is -0.705. The minimum absolute atomic E-state index is 0.188. The highest BCUT2D eigenvalue weighted by atomic mass is 79.9. The van der Waals surface area contributed by atoms with E-state index in [-0.39, 0.29) is 18.1 Å². The molecule has 6 aromatic heterocycles. The molecule has 100 heavy (non-hydrogen) atoms. The summed E-state index contributed by atoms with van der Waals surface area (Å²) < 4.78 is 11.6. The molecule has 0 atom stereocenters. The number of aromatic nitrogens is 4. The van der Waals surface area contributed by atoms with Crippen molar-refractivity contribution < 1.29 is 28.3 Å². The number of anilines is 1. The van der Waals surface area contributed by atoms with Crippen LogP contribution in [0.1, 0.15) is 123 Å². The van der Waals surface area contributed by atoms with Crippen LogP contribution in [0.5, 0.6) is 0 Å². The minimum atomic E-state index is -0.549. The number of hydrogen-bond acceptors (Lipinski definition) is 14. The highest BCUT2D eigenvalue weighted by Crippen LogP contribution is 2.29. The lowest BCUT2D eigenvalue weighted by Gasteiger charge is -2.36. The number of aliphatic hydroxyl groups excluding tert-OH is 1. The number of primary amides is 2. The third kappa shape index (κ3) is 19.5. The average molecular weight is 1400 g/mol. The number of piperazine rings is 2. The van der Waals surface area contributed by atoms with Gasteiger partial charge in [-0.25, -0.2) is 0 Å². The summed E-state index contributed by atoms with van der Waals surface area (Å²) in [6.07, 6.45) is 22.2. The van der Waals surface area contributed by atoms with Gasteiger partial charge >= 0.3 is 0 Å². The van der Waals surface area contributed by atoms with Crippen LogP contribution in [0.4, 0.5) is 5.69 Å². The van der Waals surface area contributed by atoms with Crippen molar-refractivity contribution in [2.45, 2.75) is 83.5 Å². The molecule has 20 nitrogen and oxygen atoms in total. The number of unbranched alkanes of at least 4 members (excludes halogenated alkanes) is 5. The first-order valence-electron chi connectivity index (χ1n) is 34.1. The smallest absolute Gasteiger partial charge is 0.284 e. The Balaban J connectivity index is 0.000000141. The van der Waals surface area contributed by atoms with Crippen molar-refractivity contribution in [1.82, 2.24) is 35.1 Å². The number of nitrogens with two attached hydrogens (primary N) is 2. The Bertz CT molecular complexity index is 4910. The second-order valence-electron chi connectivity index (χ2n) is 25.0. The van der Waals surface area contributed by atoms with E-state index in [1.165, 1.54) is 65.5 Å². The van der Waals surface area contributed by atoms with Crippen LogP contribution < -0.4 is 21.7 Å². The van der Waals surface area contributed by atoms with Crippen LogP contribution in [-0.2, 0) is 30.5 Å². The average Bonchev–Trinajstić information content (AvgIpc) is 1.66. The summed E-state index contributed by atoms with van der Waals surface area (Å²) in [7, 11) is 0. The van der Waals surface area contributed by atoms with Crippen molar-refractivity contribution in [3.05, 3.63) is 207 Å². The number of H-pyrrole nitrogens is 4. The molecule has 2 amide bonds. The normalized spacial score (nSPS) is 13.0. The van der Waals surface area contributed by atoms with E-state index in [9.17, 15) is 14.4 Å². The summed E-state index contributed by atoms with van der Waals surface area (Å²) in [6.45, 7) is 11.2. The second kappa shape index (κ2) is 36.2. The molecule has 2 fully saturated rings. The van der Waals surface area contributed by atoms with Crippen LogP contribution in [0, 0.1) is 45.3 Å². The van der Waals surface area contributed by atoms with Crippen LogP contribution in [0.2, 0.25) is 0 Å². The molecule has 0 radical (unpaired) electrons. The predicted molar refractivity (Wildman–Crippen MR) is 397 cm³/mol. The van der Waals surface area contributed by atoms with Crippen LogP contribution in [-0.4, -0.2) is 125 Å². The maximum Gasteiger partial charge on any atom is 0.284 e. The van der Waals surface area contributed by atoms with Crippen LogP contribution in [0.3, 0.4) is 0 Å². The van der Waals surface area contributed by atoms with Crippen molar-refractivity contribution in [2.75, 3.05) is 77.0 Å². The van der Waals surface area contributed by atoms with E-state index in [4.69, 9.17) is 46.5 Å². The molecule has 21 heteroatoms. The Kier molecular flexibility index (Phi) is 26.1. The summed E-state index contributed by atoms with van der Waals surface area (Å²) in [5, 5.41) is 54.4. The van der Waals surface area contributed by atoms with E-state index in [0.717, 1.165) is 176 Å². The van der Waals surface area contributed by atoms with Crippen molar-refractivity contribution >= 4 is 105 Å². The Labute approximate surface area is 589 Å². The zero-order valence-corrected chi connectivity index (χ0v) is 57.6. The number of aldehydes is 1. The maximum atomic E-state index is 11.4. The summed E-state index contributed by atoms with van der Waals surface area (Å²) in [4.78, 5) is 52.8. The standard InChI is InChI=1S/C26H27N5O2.C17H22N4.C14H14N2O.C13H14N2O.C9H6BrNO2/c27-16-18-4-6-23-22(13-18)19(17-29-23)3-1-2-8-30-9-11-31(12-10-30)21-5-7-24-20(14-21)15-25(33-24)26(28)32;18-12-14-4-5-17-16(11-14)15(13-20-17)3-1-2-8-21-9-6-19-7-10-21;15-9-11-5-6-14-13(8-11)12(10-16-14)4-2-1-3-7-17;14-8-10-4-5-13-12(7-10)11(9-15-13)3-1-2-6-16;10-6-1-2-7-5(3-6)4-8(13-7)9(11)12/h4-7,13-15,17,29H,1-3,8-12H2,(H2,28,32);4-5,11,13,19-20H,1-3,6-10H2;5-8,10,16H,1-4H2;4-5,7,9,15-16H,1-3,6H2;1-4H,(H2,11,12). The molecule has 2 saturated heterocycles. The Morgan fingerprint density at radius 1 is 0.480 bits per heavy atom. The molecular formula is C79H83BrN14O6. The number of halogens is 1. The fourth-order valence-corrected chi connectivity index (χ4v) is 13.1. The van der Waals surface area contributed by atoms with E-state index < -0.39 is 11.8 Å². The Hall–Kier alpha value is -10.8. The number of amides is 2. The molecule has 8 heterocycles. The van der Waals surface area contributed by atoms with Crippen molar-refractivity contribution in [3.8, 4) is 24.3 Å². The van der Waals surface area contributed by atoms with E-state index in [1.54, 1.807) is 18.2 Å². The lowest BCUT2D eigenvalue weighted by atomic mass is 10.0. The van der Waals surface area contributed by atoms with Crippen molar-refractivity contribution in [2.24, 2.45) is 11.5 Å². The largest absolute Gasteiger partial charge is 0.451 e. The van der Waals surface area contributed by atoms with Gasteiger partial charge in [-0.15, -0.1) is 0 Å². The summed E-state index contributed by atoms with van der Waals surface area (Å²) in [5.41, 5.74) is 25.2. The number of aliphatic hydroxyl groups is 1. The second-order valence-corrected chi connectivity index (χ2v) is 25.9. The molecule has 0 unspecified atom stereocenters. The van der Waals surface area contributed by atoms with Crippen molar-refractivity contribution in [1.29, 1.82) is 21.0 Å². The lowest BCUT2D eigenvalue weighted by Crippen LogP contribution is -2.46. The van der Waals surface area contributed by atoms with Gasteiger partial charge in [0, 0.05) is 155 Å². The highest BCUT2D eigenvalue weighted by molar-refractivity contribution is 9.10. The van der Waals surface area contributed by atoms with Crippen LogP contribution in [0.25, 0.3) is 65.6 Å². The zero-order chi connectivity index (χ0) is 70.2. The fourth-order valence-electron chi connectivity index (χ4n) is 12.7. The molecular weight excluding hydrogens is 1320 g/mol. The third-order valence-corrected chi connectivity index (χ3v) is 18.7. The summed E-state index contributed by atoms with van der Waals surface area (Å²) in [6, 6.07) is 46.6. The maximum absolute atomic E-state index is 11.4. The molecule has 12 aromatic rings. The number of carbonyl (C=O) groups is 3. The number of aromatic amines is 4. The number of furan rings is 2. The first-order chi connectivity index (χ1) is 48.8. The lowest BCUT2D eigenvalue weighted by molar-refractivity contribution is -0.107. The molecule has 0 bridgehead atoms. The predicted octanol–water partition coefficient (Wildman–Crippen LogP) is 13.9. The fraction of sp³-hybridized carbons (Fsp3) is 0.304. The van der Waals surface area contributed by atoms with Gasteiger partial charge in [0.2, 0.25) is 0 Å².